The second kappa shape index (κ2) is 5.83. The Morgan fingerprint density at radius 1 is 1.25 bits per heavy atom. The van der Waals surface area contributed by atoms with Gasteiger partial charge in [0.05, 0.1) is 16.3 Å². The van der Waals surface area contributed by atoms with Crippen molar-refractivity contribution in [3.8, 4) is 11.3 Å². The van der Waals surface area contributed by atoms with E-state index in [1.54, 1.807) is 16.7 Å². The summed E-state index contributed by atoms with van der Waals surface area (Å²) in [5.41, 5.74) is 2.92. The molecule has 140 valence electrons. The number of benzene rings is 1. The van der Waals surface area contributed by atoms with Crippen LogP contribution < -0.4 is 15.8 Å². The smallest absolute Gasteiger partial charge is 0.345 e. The van der Waals surface area contributed by atoms with Crippen molar-refractivity contribution in [2.45, 2.75) is 18.5 Å². The van der Waals surface area contributed by atoms with Gasteiger partial charge in [0.1, 0.15) is 5.58 Å². The normalized spacial score (nSPS) is 21.2. The van der Waals surface area contributed by atoms with Crippen molar-refractivity contribution in [3.63, 3.8) is 0 Å². The van der Waals surface area contributed by atoms with Crippen LogP contribution in [-0.4, -0.2) is 34.6 Å². The van der Waals surface area contributed by atoms with Gasteiger partial charge < -0.3 is 19.0 Å². The van der Waals surface area contributed by atoms with E-state index in [0.29, 0.717) is 39.6 Å². The van der Waals surface area contributed by atoms with E-state index in [1.807, 2.05) is 30.5 Å². The molecule has 2 aliphatic heterocycles. The minimum Gasteiger partial charge on any atom is -0.422 e. The molecule has 0 radical (unpaired) electrons. The van der Waals surface area contributed by atoms with E-state index < -0.39 is 5.63 Å². The Bertz CT molecular complexity index is 1290. The highest BCUT2D eigenvalue weighted by Crippen LogP contribution is 2.32. The molecule has 2 bridgehead atoms. The van der Waals surface area contributed by atoms with Gasteiger partial charge in [-0.3, -0.25) is 0 Å². The quantitative estimate of drug-likeness (QED) is 0.530. The average Bonchev–Trinajstić information content (AvgIpc) is 3.42. The van der Waals surface area contributed by atoms with Crippen molar-refractivity contribution in [3.05, 3.63) is 64.2 Å². The van der Waals surface area contributed by atoms with E-state index in [4.69, 9.17) is 16.0 Å². The number of nitrogens with zero attached hydrogens (tertiary/aromatic N) is 3. The summed E-state index contributed by atoms with van der Waals surface area (Å²) in [6.07, 6.45) is 4.82. The van der Waals surface area contributed by atoms with Crippen molar-refractivity contribution >= 4 is 33.9 Å². The lowest BCUT2D eigenvalue weighted by atomic mass is 10.1. The zero-order valence-electron chi connectivity index (χ0n) is 14.9. The Balaban J connectivity index is 1.44. The van der Waals surface area contributed by atoms with E-state index in [-0.39, 0.29) is 0 Å². The van der Waals surface area contributed by atoms with Crippen LogP contribution in [0.2, 0.25) is 5.02 Å². The van der Waals surface area contributed by atoms with Crippen molar-refractivity contribution in [1.82, 2.24) is 14.7 Å². The Kier molecular flexibility index (Phi) is 3.36. The fourth-order valence-electron chi connectivity index (χ4n) is 4.44. The highest BCUT2D eigenvalue weighted by Gasteiger charge is 2.37. The molecule has 0 saturated carbocycles. The van der Waals surface area contributed by atoms with Crippen molar-refractivity contribution < 1.29 is 4.42 Å². The molecule has 2 unspecified atom stereocenters. The topological polar surface area (TPSA) is 62.8 Å². The fourth-order valence-corrected chi connectivity index (χ4v) is 4.66. The Hall–Kier alpha value is -2.83. The van der Waals surface area contributed by atoms with Gasteiger partial charge in [-0.15, -0.1) is 0 Å². The SMILES string of the molecule is O=c1oc2cc(N3CC4CC3CN4)ccc2cc1-c1cn2cccc(Cl)c2n1. The molecule has 6 rings (SSSR count). The summed E-state index contributed by atoms with van der Waals surface area (Å²) in [5, 5.41) is 4.93. The zero-order valence-corrected chi connectivity index (χ0v) is 15.7. The molecule has 1 aromatic carbocycles. The molecule has 2 saturated heterocycles. The number of rotatable bonds is 2. The first-order chi connectivity index (χ1) is 13.7. The predicted molar refractivity (Wildman–Crippen MR) is 109 cm³/mol. The van der Waals surface area contributed by atoms with Gasteiger partial charge in [-0.2, -0.15) is 0 Å². The molecular formula is C21H17ClN4O2. The first-order valence-electron chi connectivity index (χ1n) is 9.37. The summed E-state index contributed by atoms with van der Waals surface area (Å²) in [6, 6.07) is 12.6. The predicted octanol–water partition coefficient (Wildman–Crippen LogP) is 3.31. The van der Waals surface area contributed by atoms with Gasteiger partial charge in [0.25, 0.3) is 0 Å². The van der Waals surface area contributed by atoms with E-state index in [9.17, 15) is 4.79 Å². The van der Waals surface area contributed by atoms with Gasteiger partial charge in [-0.05, 0) is 36.8 Å². The number of hydrogen-bond acceptors (Lipinski definition) is 5. The number of fused-ring (bicyclic) bond motifs is 4. The maximum absolute atomic E-state index is 12.7. The second-order valence-electron chi connectivity index (χ2n) is 7.53. The lowest BCUT2D eigenvalue weighted by molar-refractivity contribution is 0.561. The minimum atomic E-state index is -0.395. The standard InChI is InChI=1S/C21H17ClN4O2/c22-17-2-1-5-25-11-18(24-20(17)25)16-6-12-3-4-14(8-19(12)28-21(16)27)26-10-13-7-15(26)9-23-13/h1-6,8,11,13,15,23H,7,9-10H2. The molecule has 3 aromatic heterocycles. The number of imidazole rings is 1. The lowest BCUT2D eigenvalue weighted by Gasteiger charge is -2.29. The maximum atomic E-state index is 12.7. The number of piperazine rings is 1. The van der Waals surface area contributed by atoms with Crippen molar-refractivity contribution in [1.29, 1.82) is 0 Å². The molecule has 28 heavy (non-hydrogen) atoms. The summed E-state index contributed by atoms with van der Waals surface area (Å²) in [7, 11) is 0. The third-order valence-electron chi connectivity index (χ3n) is 5.82. The van der Waals surface area contributed by atoms with Crippen LogP contribution >= 0.6 is 11.6 Å². The van der Waals surface area contributed by atoms with Crippen LogP contribution in [0.5, 0.6) is 0 Å². The van der Waals surface area contributed by atoms with E-state index in [1.165, 1.54) is 6.42 Å². The number of aromatic nitrogens is 2. The van der Waals surface area contributed by atoms with E-state index >= 15 is 0 Å². The van der Waals surface area contributed by atoms with Gasteiger partial charge in [-0.1, -0.05) is 11.6 Å². The Morgan fingerprint density at radius 2 is 2.18 bits per heavy atom. The summed E-state index contributed by atoms with van der Waals surface area (Å²) >= 11 is 6.21. The van der Waals surface area contributed by atoms with Crippen LogP contribution in [0.3, 0.4) is 0 Å². The van der Waals surface area contributed by atoms with Crippen molar-refractivity contribution in [2.75, 3.05) is 18.0 Å². The van der Waals surface area contributed by atoms with E-state index in [0.717, 1.165) is 24.2 Å². The first kappa shape index (κ1) is 16.2. The van der Waals surface area contributed by atoms with Crippen LogP contribution in [-0.2, 0) is 0 Å². The third kappa shape index (κ3) is 2.38. The van der Waals surface area contributed by atoms with Gasteiger partial charge in [-0.25, -0.2) is 9.78 Å². The van der Waals surface area contributed by atoms with Crippen LogP contribution in [0.4, 0.5) is 5.69 Å². The molecule has 0 amide bonds. The van der Waals surface area contributed by atoms with Gasteiger partial charge in [0.2, 0.25) is 0 Å². The molecule has 1 N–H and O–H groups in total. The molecule has 0 aliphatic carbocycles. The summed E-state index contributed by atoms with van der Waals surface area (Å²) in [5.74, 6) is 0. The molecule has 6 nitrogen and oxygen atoms in total. The lowest BCUT2D eigenvalue weighted by Crippen LogP contribution is -2.43. The van der Waals surface area contributed by atoms with Crippen LogP contribution in [0.15, 0.2) is 58.0 Å². The largest absolute Gasteiger partial charge is 0.422 e. The molecule has 2 atom stereocenters. The molecule has 0 spiro atoms. The molecule has 7 heteroatoms. The summed E-state index contributed by atoms with van der Waals surface area (Å²) < 4.78 is 7.48. The third-order valence-corrected chi connectivity index (χ3v) is 6.11. The van der Waals surface area contributed by atoms with Crippen molar-refractivity contribution in [2.24, 2.45) is 0 Å². The van der Waals surface area contributed by atoms with Gasteiger partial charge in [0, 0.05) is 54.7 Å². The van der Waals surface area contributed by atoms with Crippen LogP contribution in [0, 0.1) is 0 Å². The van der Waals surface area contributed by atoms with E-state index in [2.05, 4.69) is 21.3 Å². The number of pyridine rings is 1. The number of halogens is 1. The fraction of sp³-hybridized carbons (Fsp3) is 0.238. The summed E-state index contributed by atoms with van der Waals surface area (Å²) in [6.45, 7) is 2.02. The Morgan fingerprint density at radius 3 is 2.96 bits per heavy atom. The minimum absolute atomic E-state index is 0.395. The molecular weight excluding hydrogens is 376 g/mol. The number of nitrogens with one attached hydrogen (secondary N) is 1. The monoisotopic (exact) mass is 392 g/mol. The van der Waals surface area contributed by atoms with Gasteiger partial charge >= 0.3 is 5.63 Å². The second-order valence-corrected chi connectivity index (χ2v) is 7.94. The maximum Gasteiger partial charge on any atom is 0.345 e. The van der Waals surface area contributed by atoms with Gasteiger partial charge in [0.15, 0.2) is 5.65 Å². The molecule has 4 aromatic rings. The Labute approximate surface area is 165 Å². The highest BCUT2D eigenvalue weighted by atomic mass is 35.5. The molecule has 2 aliphatic rings. The zero-order chi connectivity index (χ0) is 18.8. The average molecular weight is 393 g/mol. The molecule has 5 heterocycles. The number of hydrogen-bond donors (Lipinski definition) is 1. The first-order valence-corrected chi connectivity index (χ1v) is 9.75. The van der Waals surface area contributed by atoms with Crippen LogP contribution in [0.1, 0.15) is 6.42 Å². The summed E-state index contributed by atoms with van der Waals surface area (Å²) in [4.78, 5) is 19.6. The molecule has 2 fully saturated rings. The number of anilines is 1. The highest BCUT2D eigenvalue weighted by molar-refractivity contribution is 6.33. The van der Waals surface area contributed by atoms with Crippen LogP contribution in [0.25, 0.3) is 27.9 Å².